The standard InChI is InChI=1S/C12H24N2/c1-14(2)12(8-4-3-5-9-12)10-13-11-6-7-11/h11,13H,3-10H2,1-2H3. The lowest BCUT2D eigenvalue weighted by atomic mass is 9.80. The predicted molar refractivity (Wildman–Crippen MR) is 60.5 cm³/mol. The van der Waals surface area contributed by atoms with Gasteiger partial charge < -0.3 is 10.2 Å². The lowest BCUT2D eigenvalue weighted by Gasteiger charge is -2.43. The molecule has 2 rings (SSSR count). The predicted octanol–water partition coefficient (Wildman–Crippen LogP) is 2.00. The van der Waals surface area contributed by atoms with Crippen molar-refractivity contribution < 1.29 is 0 Å². The summed E-state index contributed by atoms with van der Waals surface area (Å²) in [4.78, 5) is 2.46. The molecule has 0 aromatic rings. The molecule has 2 fully saturated rings. The van der Waals surface area contributed by atoms with E-state index in [2.05, 4.69) is 24.3 Å². The fraction of sp³-hybridized carbons (Fsp3) is 1.00. The Morgan fingerprint density at radius 1 is 1.14 bits per heavy atom. The van der Waals surface area contributed by atoms with Crippen LogP contribution in [0.1, 0.15) is 44.9 Å². The molecule has 0 atom stereocenters. The number of likely N-dealkylation sites (N-methyl/N-ethyl adjacent to an activating group) is 1. The highest BCUT2D eigenvalue weighted by Gasteiger charge is 2.35. The molecule has 14 heavy (non-hydrogen) atoms. The first-order chi connectivity index (χ1) is 6.73. The van der Waals surface area contributed by atoms with Crippen LogP contribution in [0.25, 0.3) is 0 Å². The van der Waals surface area contributed by atoms with Crippen molar-refractivity contribution in [2.24, 2.45) is 0 Å². The van der Waals surface area contributed by atoms with Gasteiger partial charge in [0.2, 0.25) is 0 Å². The maximum Gasteiger partial charge on any atom is 0.0327 e. The van der Waals surface area contributed by atoms with Gasteiger partial charge in [-0.2, -0.15) is 0 Å². The molecule has 2 saturated carbocycles. The van der Waals surface area contributed by atoms with Crippen LogP contribution in [0.5, 0.6) is 0 Å². The Bertz CT molecular complexity index is 179. The van der Waals surface area contributed by atoms with E-state index >= 15 is 0 Å². The summed E-state index contributed by atoms with van der Waals surface area (Å²) < 4.78 is 0. The maximum absolute atomic E-state index is 3.71. The second-order valence-corrected chi connectivity index (χ2v) is 5.33. The highest BCUT2D eigenvalue weighted by molar-refractivity contribution is 4.95. The van der Waals surface area contributed by atoms with E-state index in [-0.39, 0.29) is 0 Å². The molecular formula is C12H24N2. The molecule has 0 heterocycles. The Labute approximate surface area is 88.1 Å². The molecule has 0 saturated heterocycles. The molecule has 0 aliphatic heterocycles. The van der Waals surface area contributed by atoms with Crippen molar-refractivity contribution in [2.75, 3.05) is 20.6 Å². The first-order valence-corrected chi connectivity index (χ1v) is 6.14. The van der Waals surface area contributed by atoms with Crippen molar-refractivity contribution in [2.45, 2.75) is 56.5 Å². The fourth-order valence-corrected chi connectivity index (χ4v) is 2.61. The minimum absolute atomic E-state index is 0.473. The van der Waals surface area contributed by atoms with E-state index < -0.39 is 0 Å². The second-order valence-electron chi connectivity index (χ2n) is 5.33. The Morgan fingerprint density at radius 3 is 2.29 bits per heavy atom. The zero-order valence-corrected chi connectivity index (χ0v) is 9.68. The summed E-state index contributed by atoms with van der Waals surface area (Å²) in [6, 6.07) is 0.855. The van der Waals surface area contributed by atoms with E-state index in [1.54, 1.807) is 0 Å². The molecule has 2 heteroatoms. The summed E-state index contributed by atoms with van der Waals surface area (Å²) in [6.45, 7) is 1.21. The Hall–Kier alpha value is -0.0800. The molecule has 0 spiro atoms. The van der Waals surface area contributed by atoms with Gasteiger partial charge in [0.05, 0.1) is 0 Å². The Kier molecular flexibility index (Phi) is 3.13. The van der Waals surface area contributed by atoms with Crippen molar-refractivity contribution in [1.29, 1.82) is 0 Å². The van der Waals surface area contributed by atoms with Crippen molar-refractivity contribution in [3.05, 3.63) is 0 Å². The van der Waals surface area contributed by atoms with Gasteiger partial charge in [-0.3, -0.25) is 0 Å². The fourth-order valence-electron chi connectivity index (χ4n) is 2.61. The van der Waals surface area contributed by atoms with Crippen molar-refractivity contribution in [3.63, 3.8) is 0 Å². The number of hydrogen-bond donors (Lipinski definition) is 1. The van der Waals surface area contributed by atoms with Crippen LogP contribution < -0.4 is 5.32 Å². The minimum atomic E-state index is 0.473. The quantitative estimate of drug-likeness (QED) is 0.740. The van der Waals surface area contributed by atoms with Crippen LogP contribution in [0.2, 0.25) is 0 Å². The zero-order valence-electron chi connectivity index (χ0n) is 9.68. The largest absolute Gasteiger partial charge is 0.312 e. The highest BCUT2D eigenvalue weighted by Crippen LogP contribution is 2.32. The van der Waals surface area contributed by atoms with Crippen LogP contribution in [0.4, 0.5) is 0 Å². The van der Waals surface area contributed by atoms with Gasteiger partial charge >= 0.3 is 0 Å². The molecule has 2 aliphatic carbocycles. The summed E-state index contributed by atoms with van der Waals surface area (Å²) in [7, 11) is 4.50. The molecule has 0 radical (unpaired) electrons. The third-order valence-electron chi connectivity index (χ3n) is 4.03. The summed E-state index contributed by atoms with van der Waals surface area (Å²) in [5.41, 5.74) is 0.473. The lowest BCUT2D eigenvalue weighted by Crippen LogP contribution is -2.53. The van der Waals surface area contributed by atoms with Gasteiger partial charge in [-0.05, 0) is 39.8 Å². The van der Waals surface area contributed by atoms with Gasteiger partial charge in [0.1, 0.15) is 0 Å². The molecule has 0 bridgehead atoms. The molecule has 0 unspecified atom stereocenters. The highest BCUT2D eigenvalue weighted by atomic mass is 15.2. The van der Waals surface area contributed by atoms with Crippen molar-refractivity contribution in [3.8, 4) is 0 Å². The SMILES string of the molecule is CN(C)C1(CNC2CC2)CCCCC1. The number of rotatable bonds is 4. The second kappa shape index (κ2) is 4.19. The molecule has 0 aromatic heterocycles. The lowest BCUT2D eigenvalue weighted by molar-refractivity contribution is 0.0983. The summed E-state index contributed by atoms with van der Waals surface area (Å²) >= 11 is 0. The molecule has 1 N–H and O–H groups in total. The van der Waals surface area contributed by atoms with Crippen LogP contribution in [0, 0.1) is 0 Å². The van der Waals surface area contributed by atoms with E-state index in [0.29, 0.717) is 5.54 Å². The average Bonchev–Trinajstić information content (AvgIpc) is 2.99. The molecule has 82 valence electrons. The number of nitrogens with zero attached hydrogens (tertiary/aromatic N) is 1. The van der Waals surface area contributed by atoms with Crippen LogP contribution in [-0.4, -0.2) is 37.1 Å². The summed E-state index contributed by atoms with van der Waals surface area (Å²) in [5, 5.41) is 3.71. The third-order valence-corrected chi connectivity index (χ3v) is 4.03. The molecule has 0 aromatic carbocycles. The normalized spacial score (nSPS) is 26.8. The smallest absolute Gasteiger partial charge is 0.0327 e. The van der Waals surface area contributed by atoms with Crippen LogP contribution >= 0.6 is 0 Å². The maximum atomic E-state index is 3.71. The van der Waals surface area contributed by atoms with Gasteiger partial charge in [0, 0.05) is 18.1 Å². The Balaban J connectivity index is 1.89. The Morgan fingerprint density at radius 2 is 1.79 bits per heavy atom. The molecular weight excluding hydrogens is 172 g/mol. The van der Waals surface area contributed by atoms with Crippen molar-refractivity contribution in [1.82, 2.24) is 10.2 Å². The molecule has 0 amide bonds. The third kappa shape index (κ3) is 2.29. The number of nitrogens with one attached hydrogen (secondary N) is 1. The zero-order chi connectivity index (χ0) is 10.0. The topological polar surface area (TPSA) is 15.3 Å². The molecule has 2 aliphatic rings. The van der Waals surface area contributed by atoms with Gasteiger partial charge in [-0.25, -0.2) is 0 Å². The van der Waals surface area contributed by atoms with E-state index in [1.807, 2.05) is 0 Å². The minimum Gasteiger partial charge on any atom is -0.312 e. The van der Waals surface area contributed by atoms with E-state index in [1.165, 1.54) is 51.5 Å². The summed E-state index contributed by atoms with van der Waals surface area (Å²) in [5.74, 6) is 0. The van der Waals surface area contributed by atoms with E-state index in [9.17, 15) is 0 Å². The first kappa shape index (κ1) is 10.4. The number of hydrogen-bond acceptors (Lipinski definition) is 2. The van der Waals surface area contributed by atoms with Gasteiger partial charge in [0.15, 0.2) is 0 Å². The summed E-state index contributed by atoms with van der Waals surface area (Å²) in [6.07, 6.45) is 9.88. The van der Waals surface area contributed by atoms with Gasteiger partial charge in [0.25, 0.3) is 0 Å². The first-order valence-electron chi connectivity index (χ1n) is 6.14. The molecule has 2 nitrogen and oxygen atoms in total. The van der Waals surface area contributed by atoms with Crippen LogP contribution in [0.3, 0.4) is 0 Å². The van der Waals surface area contributed by atoms with Gasteiger partial charge in [-0.1, -0.05) is 19.3 Å². The van der Waals surface area contributed by atoms with Crippen molar-refractivity contribution >= 4 is 0 Å². The van der Waals surface area contributed by atoms with E-state index in [0.717, 1.165) is 6.04 Å². The van der Waals surface area contributed by atoms with Gasteiger partial charge in [-0.15, -0.1) is 0 Å². The van der Waals surface area contributed by atoms with Crippen LogP contribution in [-0.2, 0) is 0 Å². The monoisotopic (exact) mass is 196 g/mol. The van der Waals surface area contributed by atoms with E-state index in [4.69, 9.17) is 0 Å². The average molecular weight is 196 g/mol. The van der Waals surface area contributed by atoms with Crippen LogP contribution in [0.15, 0.2) is 0 Å².